The van der Waals surface area contributed by atoms with E-state index in [1.54, 1.807) is 0 Å². The first-order valence-electron chi connectivity index (χ1n) is 4.44. The van der Waals surface area contributed by atoms with Crippen LogP contribution in [0, 0.1) is 10.1 Å². The van der Waals surface area contributed by atoms with E-state index in [2.05, 4.69) is 5.32 Å². The Balaban J connectivity index is 3.14. The summed E-state index contributed by atoms with van der Waals surface area (Å²) < 4.78 is 0. The fourth-order valence-corrected chi connectivity index (χ4v) is 1.23. The number of nitro groups is 1. The summed E-state index contributed by atoms with van der Waals surface area (Å²) in [6.07, 6.45) is 0. The Kier molecular flexibility index (Phi) is 3.65. The van der Waals surface area contributed by atoms with Gasteiger partial charge in [-0.1, -0.05) is 6.07 Å². The number of anilines is 1. The molecule has 0 radical (unpaired) electrons. The van der Waals surface area contributed by atoms with Crippen molar-refractivity contribution in [1.29, 1.82) is 0 Å². The Bertz CT molecular complexity index is 370. The van der Waals surface area contributed by atoms with Crippen LogP contribution < -0.4 is 10.8 Å². The van der Waals surface area contributed by atoms with Gasteiger partial charge in [0.2, 0.25) is 0 Å². The minimum absolute atomic E-state index is 0.0876. The summed E-state index contributed by atoms with van der Waals surface area (Å²) >= 11 is 0. The molecule has 80 valence electrons. The minimum Gasteiger partial charge on any atom is -0.423 e. The largest absolute Gasteiger partial charge is 0.490 e. The lowest BCUT2D eigenvalue weighted by molar-refractivity contribution is -0.384. The monoisotopic (exact) mass is 210 g/mol. The summed E-state index contributed by atoms with van der Waals surface area (Å²) in [5.41, 5.74) is 0.500. The molecule has 7 heteroatoms. The average Bonchev–Trinajstić information content (AvgIpc) is 2.17. The maximum absolute atomic E-state index is 10.5. The SMILES string of the molecule is CCNc1cc([N+](=O)[O-])ccc1B(O)O. The maximum atomic E-state index is 10.5. The van der Waals surface area contributed by atoms with E-state index in [0.717, 1.165) is 0 Å². The van der Waals surface area contributed by atoms with Crippen LogP contribution in [0.4, 0.5) is 11.4 Å². The lowest BCUT2D eigenvalue weighted by Crippen LogP contribution is -2.32. The molecular formula is C8H11BN2O4. The number of nitrogens with one attached hydrogen (secondary N) is 1. The van der Waals surface area contributed by atoms with Crippen LogP contribution in [-0.4, -0.2) is 28.6 Å². The Morgan fingerprint density at radius 3 is 2.67 bits per heavy atom. The van der Waals surface area contributed by atoms with Crippen molar-refractivity contribution in [3.05, 3.63) is 28.3 Å². The molecule has 0 spiro atoms. The van der Waals surface area contributed by atoms with E-state index in [1.807, 2.05) is 6.92 Å². The topological polar surface area (TPSA) is 95.6 Å². The van der Waals surface area contributed by atoms with Crippen molar-refractivity contribution in [1.82, 2.24) is 0 Å². The minimum atomic E-state index is -1.64. The fraction of sp³-hybridized carbons (Fsp3) is 0.250. The molecule has 0 atom stereocenters. The molecule has 15 heavy (non-hydrogen) atoms. The molecule has 0 aromatic heterocycles. The Labute approximate surface area is 86.8 Å². The van der Waals surface area contributed by atoms with Crippen LogP contribution in [0.5, 0.6) is 0 Å². The van der Waals surface area contributed by atoms with Gasteiger partial charge in [-0.3, -0.25) is 10.1 Å². The van der Waals surface area contributed by atoms with Crippen molar-refractivity contribution in [2.45, 2.75) is 6.92 Å². The molecule has 0 unspecified atom stereocenters. The second-order valence-corrected chi connectivity index (χ2v) is 2.93. The Morgan fingerprint density at radius 1 is 1.53 bits per heavy atom. The standard InChI is InChI=1S/C8H11BN2O4/c1-2-10-8-5-6(11(14)15)3-4-7(8)9(12)13/h3-5,10,12-13H,2H2,1H3. The molecule has 0 saturated heterocycles. The molecule has 0 amide bonds. The number of nitrogens with zero attached hydrogens (tertiary/aromatic N) is 1. The van der Waals surface area contributed by atoms with Crippen LogP contribution in [0.25, 0.3) is 0 Å². The normalized spacial score (nSPS) is 9.80. The molecule has 1 aromatic carbocycles. The summed E-state index contributed by atoms with van der Waals surface area (Å²) in [5, 5.41) is 31.3. The Hall–Kier alpha value is -1.60. The number of hydrogen-bond acceptors (Lipinski definition) is 5. The van der Waals surface area contributed by atoms with Crippen molar-refractivity contribution in [2.75, 3.05) is 11.9 Å². The van der Waals surface area contributed by atoms with Crippen molar-refractivity contribution in [2.24, 2.45) is 0 Å². The molecule has 0 bridgehead atoms. The zero-order valence-corrected chi connectivity index (χ0v) is 8.17. The van der Waals surface area contributed by atoms with E-state index in [4.69, 9.17) is 10.0 Å². The smallest absolute Gasteiger partial charge is 0.423 e. The summed E-state index contributed by atoms with van der Waals surface area (Å²) in [4.78, 5) is 9.96. The Morgan fingerprint density at radius 2 is 2.20 bits per heavy atom. The molecule has 1 rings (SSSR count). The van der Waals surface area contributed by atoms with Gasteiger partial charge in [-0.2, -0.15) is 0 Å². The third-order valence-electron chi connectivity index (χ3n) is 1.89. The zero-order chi connectivity index (χ0) is 11.4. The van der Waals surface area contributed by atoms with Gasteiger partial charge < -0.3 is 15.4 Å². The first-order valence-corrected chi connectivity index (χ1v) is 4.44. The van der Waals surface area contributed by atoms with Crippen LogP contribution in [0.2, 0.25) is 0 Å². The highest BCUT2D eigenvalue weighted by Gasteiger charge is 2.18. The van der Waals surface area contributed by atoms with Crippen molar-refractivity contribution in [3.8, 4) is 0 Å². The summed E-state index contributed by atoms with van der Waals surface area (Å²) in [6, 6.07) is 3.83. The van der Waals surface area contributed by atoms with E-state index >= 15 is 0 Å². The van der Waals surface area contributed by atoms with Gasteiger partial charge in [-0.15, -0.1) is 0 Å². The first-order chi connectivity index (χ1) is 7.06. The summed E-state index contributed by atoms with van der Waals surface area (Å²) in [6.45, 7) is 2.35. The van der Waals surface area contributed by atoms with Gasteiger partial charge in [-0.05, 0) is 6.92 Å². The lowest BCUT2D eigenvalue weighted by atomic mass is 9.79. The van der Waals surface area contributed by atoms with E-state index < -0.39 is 12.0 Å². The number of nitro benzene ring substituents is 1. The maximum Gasteiger partial charge on any atom is 0.490 e. The van der Waals surface area contributed by atoms with Crippen molar-refractivity contribution >= 4 is 24.0 Å². The summed E-state index contributed by atoms with van der Waals surface area (Å²) in [7, 11) is -1.64. The molecule has 0 aliphatic heterocycles. The van der Waals surface area contributed by atoms with Crippen LogP contribution in [0.15, 0.2) is 18.2 Å². The highest BCUT2D eigenvalue weighted by atomic mass is 16.6. The second kappa shape index (κ2) is 4.76. The van der Waals surface area contributed by atoms with E-state index in [9.17, 15) is 10.1 Å². The number of hydrogen-bond donors (Lipinski definition) is 3. The predicted molar refractivity (Wildman–Crippen MR) is 57.1 cm³/mol. The number of non-ortho nitro benzene ring substituents is 1. The van der Waals surface area contributed by atoms with Gasteiger partial charge in [-0.25, -0.2) is 0 Å². The number of benzene rings is 1. The second-order valence-electron chi connectivity index (χ2n) is 2.93. The molecular weight excluding hydrogens is 199 g/mol. The summed E-state index contributed by atoms with van der Waals surface area (Å²) in [5.74, 6) is 0. The van der Waals surface area contributed by atoms with E-state index in [1.165, 1.54) is 18.2 Å². The fourth-order valence-electron chi connectivity index (χ4n) is 1.23. The predicted octanol–water partition coefficient (Wildman–Crippen LogP) is -0.294. The van der Waals surface area contributed by atoms with Crippen molar-refractivity contribution in [3.63, 3.8) is 0 Å². The van der Waals surface area contributed by atoms with Crippen LogP contribution in [0.3, 0.4) is 0 Å². The highest BCUT2D eigenvalue weighted by Crippen LogP contribution is 2.15. The van der Waals surface area contributed by atoms with E-state index in [0.29, 0.717) is 12.2 Å². The molecule has 0 saturated carbocycles. The molecule has 6 nitrogen and oxygen atoms in total. The zero-order valence-electron chi connectivity index (χ0n) is 8.17. The molecule has 0 aliphatic rings. The highest BCUT2D eigenvalue weighted by molar-refractivity contribution is 6.60. The third-order valence-corrected chi connectivity index (χ3v) is 1.89. The van der Waals surface area contributed by atoms with Gasteiger partial charge in [0.15, 0.2) is 0 Å². The van der Waals surface area contributed by atoms with Crippen LogP contribution in [0.1, 0.15) is 6.92 Å². The van der Waals surface area contributed by atoms with Gasteiger partial charge >= 0.3 is 7.12 Å². The van der Waals surface area contributed by atoms with Gasteiger partial charge in [0.1, 0.15) is 0 Å². The van der Waals surface area contributed by atoms with Crippen molar-refractivity contribution < 1.29 is 15.0 Å². The molecule has 0 fully saturated rings. The number of rotatable bonds is 4. The van der Waals surface area contributed by atoms with Gasteiger partial charge in [0, 0.05) is 29.8 Å². The molecule has 1 aromatic rings. The quantitative estimate of drug-likeness (QED) is 0.360. The third kappa shape index (κ3) is 2.68. The van der Waals surface area contributed by atoms with Crippen LogP contribution in [-0.2, 0) is 0 Å². The van der Waals surface area contributed by atoms with E-state index in [-0.39, 0.29) is 11.2 Å². The molecule has 0 heterocycles. The first kappa shape index (κ1) is 11.5. The van der Waals surface area contributed by atoms with Gasteiger partial charge in [0.25, 0.3) is 5.69 Å². The van der Waals surface area contributed by atoms with Crippen LogP contribution >= 0.6 is 0 Å². The lowest BCUT2D eigenvalue weighted by Gasteiger charge is -2.09. The molecule has 3 N–H and O–H groups in total. The average molecular weight is 210 g/mol. The molecule has 0 aliphatic carbocycles. The van der Waals surface area contributed by atoms with Gasteiger partial charge in [0.05, 0.1) is 4.92 Å².